The summed E-state index contributed by atoms with van der Waals surface area (Å²) in [5.41, 5.74) is 11.0. The van der Waals surface area contributed by atoms with Crippen LogP contribution in [0.2, 0.25) is 0 Å². The van der Waals surface area contributed by atoms with Crippen molar-refractivity contribution in [3.8, 4) is 0 Å². The van der Waals surface area contributed by atoms with Crippen LogP contribution < -0.4 is 5.73 Å². The highest BCUT2D eigenvalue weighted by atomic mass is 15.1. The fraction of sp³-hybridized carbons (Fsp3) is 0.318. The molecule has 1 heterocycles. The van der Waals surface area contributed by atoms with Crippen molar-refractivity contribution >= 4 is 0 Å². The predicted molar refractivity (Wildman–Crippen MR) is 104 cm³/mol. The van der Waals surface area contributed by atoms with Crippen molar-refractivity contribution in [1.82, 2.24) is 9.55 Å². The lowest BCUT2D eigenvalue weighted by molar-refractivity contribution is 0.590. The van der Waals surface area contributed by atoms with Gasteiger partial charge in [-0.15, -0.1) is 0 Å². The van der Waals surface area contributed by atoms with Crippen LogP contribution in [-0.4, -0.2) is 9.55 Å². The van der Waals surface area contributed by atoms with E-state index in [1.807, 2.05) is 12.4 Å². The van der Waals surface area contributed by atoms with Crippen molar-refractivity contribution in [3.63, 3.8) is 0 Å². The van der Waals surface area contributed by atoms with Crippen LogP contribution in [0.3, 0.4) is 0 Å². The molecule has 3 heteroatoms. The SMILES string of the molecule is CC(C)(C)c1ccc(Cc2nccn2Cc2cccc(CN)c2)cc1. The molecular weight excluding hydrogens is 306 g/mol. The first-order chi connectivity index (χ1) is 12.0. The highest BCUT2D eigenvalue weighted by molar-refractivity contribution is 5.29. The second-order valence-electron chi connectivity index (χ2n) is 7.62. The Morgan fingerprint density at radius 3 is 2.36 bits per heavy atom. The quantitative estimate of drug-likeness (QED) is 0.757. The van der Waals surface area contributed by atoms with Crippen molar-refractivity contribution in [1.29, 1.82) is 0 Å². The highest BCUT2D eigenvalue weighted by Crippen LogP contribution is 2.23. The van der Waals surface area contributed by atoms with Gasteiger partial charge in [0.05, 0.1) is 0 Å². The van der Waals surface area contributed by atoms with Gasteiger partial charge in [-0.2, -0.15) is 0 Å². The summed E-state index contributed by atoms with van der Waals surface area (Å²) in [5.74, 6) is 1.08. The fourth-order valence-corrected chi connectivity index (χ4v) is 3.01. The van der Waals surface area contributed by atoms with Gasteiger partial charge >= 0.3 is 0 Å². The lowest BCUT2D eigenvalue weighted by Gasteiger charge is -2.19. The van der Waals surface area contributed by atoms with E-state index in [-0.39, 0.29) is 5.41 Å². The van der Waals surface area contributed by atoms with E-state index in [4.69, 9.17) is 5.73 Å². The minimum atomic E-state index is 0.186. The minimum Gasteiger partial charge on any atom is -0.330 e. The summed E-state index contributed by atoms with van der Waals surface area (Å²) in [6, 6.07) is 17.3. The highest BCUT2D eigenvalue weighted by Gasteiger charge is 2.13. The Labute approximate surface area is 150 Å². The van der Waals surface area contributed by atoms with Crippen LogP contribution in [0.25, 0.3) is 0 Å². The maximum atomic E-state index is 5.75. The molecule has 25 heavy (non-hydrogen) atoms. The van der Waals surface area contributed by atoms with Crippen molar-refractivity contribution < 1.29 is 0 Å². The van der Waals surface area contributed by atoms with Gasteiger partial charge in [-0.1, -0.05) is 69.3 Å². The average molecular weight is 333 g/mol. The van der Waals surface area contributed by atoms with E-state index < -0.39 is 0 Å². The fourth-order valence-electron chi connectivity index (χ4n) is 3.01. The molecule has 0 unspecified atom stereocenters. The van der Waals surface area contributed by atoms with E-state index in [9.17, 15) is 0 Å². The zero-order valence-corrected chi connectivity index (χ0v) is 15.4. The van der Waals surface area contributed by atoms with Gasteiger partial charge in [-0.25, -0.2) is 4.98 Å². The van der Waals surface area contributed by atoms with Crippen LogP contribution in [-0.2, 0) is 24.9 Å². The third-order valence-electron chi connectivity index (χ3n) is 4.56. The third-order valence-corrected chi connectivity index (χ3v) is 4.56. The smallest absolute Gasteiger partial charge is 0.113 e. The number of nitrogens with two attached hydrogens (primary N) is 1. The van der Waals surface area contributed by atoms with Crippen molar-refractivity contribution in [2.45, 2.75) is 45.7 Å². The minimum absolute atomic E-state index is 0.186. The summed E-state index contributed by atoms with van der Waals surface area (Å²) in [6.07, 6.45) is 4.77. The van der Waals surface area contributed by atoms with Crippen LogP contribution in [0.15, 0.2) is 60.9 Å². The van der Waals surface area contributed by atoms with Gasteiger partial charge < -0.3 is 10.3 Å². The number of aromatic nitrogens is 2. The van der Waals surface area contributed by atoms with Crippen LogP contribution in [0.5, 0.6) is 0 Å². The predicted octanol–water partition coefficient (Wildman–Crippen LogP) is 4.28. The molecule has 3 rings (SSSR count). The van der Waals surface area contributed by atoms with Gasteiger partial charge in [0.15, 0.2) is 0 Å². The van der Waals surface area contributed by atoms with Crippen molar-refractivity contribution in [3.05, 3.63) is 89.0 Å². The molecule has 0 bridgehead atoms. The molecule has 0 aliphatic heterocycles. The van der Waals surface area contributed by atoms with E-state index in [0.717, 1.165) is 24.4 Å². The third kappa shape index (κ3) is 4.37. The molecule has 2 aromatic carbocycles. The molecule has 0 saturated heterocycles. The maximum Gasteiger partial charge on any atom is 0.113 e. The molecule has 0 radical (unpaired) electrons. The zero-order chi connectivity index (χ0) is 17.9. The van der Waals surface area contributed by atoms with Crippen molar-refractivity contribution in [2.75, 3.05) is 0 Å². The molecule has 3 nitrogen and oxygen atoms in total. The Hall–Kier alpha value is -2.39. The molecule has 2 N–H and O–H groups in total. The Morgan fingerprint density at radius 2 is 1.68 bits per heavy atom. The molecular formula is C22H27N3. The molecule has 0 atom stereocenters. The Kier molecular flexibility index (Phi) is 5.05. The summed E-state index contributed by atoms with van der Waals surface area (Å²) in [6.45, 7) is 8.12. The average Bonchev–Trinajstić information content (AvgIpc) is 3.01. The molecule has 130 valence electrons. The lowest BCUT2D eigenvalue weighted by Crippen LogP contribution is -2.11. The Bertz CT molecular complexity index is 823. The van der Waals surface area contributed by atoms with Gasteiger partial charge in [0.2, 0.25) is 0 Å². The number of hydrogen-bond donors (Lipinski definition) is 1. The molecule has 0 saturated carbocycles. The lowest BCUT2D eigenvalue weighted by atomic mass is 9.86. The Balaban J connectivity index is 1.75. The van der Waals surface area contributed by atoms with Gasteiger partial charge in [-0.3, -0.25) is 0 Å². The largest absolute Gasteiger partial charge is 0.330 e. The van der Waals surface area contributed by atoms with Crippen LogP contribution in [0, 0.1) is 0 Å². The number of imidazole rings is 1. The monoisotopic (exact) mass is 333 g/mol. The van der Waals surface area contributed by atoms with Crippen LogP contribution >= 0.6 is 0 Å². The molecule has 0 aliphatic rings. The Morgan fingerprint density at radius 1 is 0.960 bits per heavy atom. The summed E-state index contributed by atoms with van der Waals surface area (Å²) < 4.78 is 2.22. The number of benzene rings is 2. The maximum absolute atomic E-state index is 5.75. The normalized spacial score (nSPS) is 11.7. The molecule has 0 aliphatic carbocycles. The second-order valence-corrected chi connectivity index (χ2v) is 7.62. The topological polar surface area (TPSA) is 43.8 Å². The van der Waals surface area contributed by atoms with Gasteiger partial charge in [0.1, 0.15) is 5.82 Å². The first kappa shape index (κ1) is 17.4. The summed E-state index contributed by atoms with van der Waals surface area (Å²) in [4.78, 5) is 4.56. The van der Waals surface area contributed by atoms with E-state index >= 15 is 0 Å². The second kappa shape index (κ2) is 7.24. The van der Waals surface area contributed by atoms with Crippen molar-refractivity contribution in [2.24, 2.45) is 5.73 Å². The zero-order valence-electron chi connectivity index (χ0n) is 15.4. The number of rotatable bonds is 5. The summed E-state index contributed by atoms with van der Waals surface area (Å²) in [5, 5.41) is 0. The molecule has 0 spiro atoms. The van der Waals surface area contributed by atoms with E-state index in [1.165, 1.54) is 16.7 Å². The van der Waals surface area contributed by atoms with Gasteiger partial charge in [0.25, 0.3) is 0 Å². The number of hydrogen-bond acceptors (Lipinski definition) is 2. The van der Waals surface area contributed by atoms with E-state index in [2.05, 4.69) is 78.9 Å². The first-order valence-electron chi connectivity index (χ1n) is 8.83. The standard InChI is InChI=1S/C22H27N3/c1-22(2,3)20-9-7-17(8-10-20)14-21-24-11-12-25(21)16-19-6-4-5-18(13-19)15-23/h4-13H,14-16,23H2,1-3H3. The van der Waals surface area contributed by atoms with Crippen LogP contribution in [0.1, 0.15) is 48.8 Å². The molecule has 0 amide bonds. The molecule has 0 fully saturated rings. The molecule has 3 aromatic rings. The van der Waals surface area contributed by atoms with E-state index in [0.29, 0.717) is 6.54 Å². The number of nitrogens with zero attached hydrogens (tertiary/aromatic N) is 2. The summed E-state index contributed by atoms with van der Waals surface area (Å²) in [7, 11) is 0. The van der Waals surface area contributed by atoms with Gasteiger partial charge in [-0.05, 0) is 27.7 Å². The van der Waals surface area contributed by atoms with Gasteiger partial charge in [0, 0.05) is 31.9 Å². The van der Waals surface area contributed by atoms with Crippen LogP contribution in [0.4, 0.5) is 0 Å². The first-order valence-corrected chi connectivity index (χ1v) is 8.83. The molecule has 1 aromatic heterocycles. The summed E-state index contributed by atoms with van der Waals surface area (Å²) >= 11 is 0. The van der Waals surface area contributed by atoms with E-state index in [1.54, 1.807) is 0 Å².